The molecule has 24 heavy (non-hydrogen) atoms. The number of hydrogen-bond donors (Lipinski definition) is 1. The van der Waals surface area contributed by atoms with E-state index < -0.39 is 0 Å². The SMILES string of the molecule is CN(C(=O)C1CCNC(=O)C1)C1CN(c2ccc(C3CC3)nn2)C1. The fourth-order valence-corrected chi connectivity index (χ4v) is 3.45. The number of hydrogen-bond acceptors (Lipinski definition) is 5. The van der Waals surface area contributed by atoms with Crippen LogP contribution in [-0.2, 0) is 9.59 Å². The molecule has 1 aliphatic carbocycles. The van der Waals surface area contributed by atoms with Crippen LogP contribution in [0.4, 0.5) is 5.82 Å². The largest absolute Gasteiger partial charge is 0.356 e. The molecule has 2 amide bonds. The maximum atomic E-state index is 12.5. The van der Waals surface area contributed by atoms with E-state index in [4.69, 9.17) is 0 Å². The van der Waals surface area contributed by atoms with Crippen LogP contribution in [0.1, 0.15) is 37.3 Å². The Kier molecular flexibility index (Phi) is 3.86. The number of piperidine rings is 1. The quantitative estimate of drug-likeness (QED) is 0.872. The van der Waals surface area contributed by atoms with Gasteiger partial charge < -0.3 is 15.1 Å². The van der Waals surface area contributed by atoms with E-state index in [1.54, 1.807) is 0 Å². The van der Waals surface area contributed by atoms with Crippen LogP contribution in [0.5, 0.6) is 0 Å². The van der Waals surface area contributed by atoms with Gasteiger partial charge in [0.05, 0.1) is 11.7 Å². The van der Waals surface area contributed by atoms with Gasteiger partial charge in [-0.3, -0.25) is 9.59 Å². The van der Waals surface area contributed by atoms with Crippen LogP contribution in [0.15, 0.2) is 12.1 Å². The minimum absolute atomic E-state index is 0.0192. The molecule has 1 atom stereocenters. The molecule has 2 saturated heterocycles. The van der Waals surface area contributed by atoms with Crippen molar-refractivity contribution in [2.75, 3.05) is 31.6 Å². The first kappa shape index (κ1) is 15.4. The Balaban J connectivity index is 1.31. The summed E-state index contributed by atoms with van der Waals surface area (Å²) in [6, 6.07) is 4.29. The van der Waals surface area contributed by atoms with Crippen LogP contribution >= 0.6 is 0 Å². The number of carbonyl (C=O) groups excluding carboxylic acids is 2. The van der Waals surface area contributed by atoms with Crippen LogP contribution in [0.2, 0.25) is 0 Å². The lowest BCUT2D eigenvalue weighted by Gasteiger charge is -2.45. The Bertz CT molecular complexity index is 637. The molecular weight excluding hydrogens is 306 g/mol. The average molecular weight is 329 g/mol. The van der Waals surface area contributed by atoms with Gasteiger partial charge in [0.2, 0.25) is 11.8 Å². The zero-order chi connectivity index (χ0) is 16.7. The lowest BCUT2D eigenvalue weighted by Crippen LogP contribution is -2.61. The van der Waals surface area contributed by atoms with Crippen molar-refractivity contribution < 1.29 is 9.59 Å². The summed E-state index contributed by atoms with van der Waals surface area (Å²) in [6.45, 7) is 2.15. The van der Waals surface area contributed by atoms with E-state index in [9.17, 15) is 9.59 Å². The maximum absolute atomic E-state index is 12.5. The third-order valence-corrected chi connectivity index (χ3v) is 5.34. The minimum atomic E-state index is -0.171. The van der Waals surface area contributed by atoms with E-state index in [1.807, 2.05) is 18.0 Å². The van der Waals surface area contributed by atoms with E-state index >= 15 is 0 Å². The highest BCUT2D eigenvalue weighted by Gasteiger charge is 2.37. The molecule has 1 N–H and O–H groups in total. The van der Waals surface area contributed by atoms with Gasteiger partial charge in [0, 0.05) is 44.9 Å². The number of likely N-dealkylation sites (N-methyl/N-ethyl adjacent to an activating group) is 1. The van der Waals surface area contributed by atoms with Crippen LogP contribution in [0.3, 0.4) is 0 Å². The number of nitrogens with zero attached hydrogens (tertiary/aromatic N) is 4. The summed E-state index contributed by atoms with van der Waals surface area (Å²) < 4.78 is 0. The second-order valence-electron chi connectivity index (χ2n) is 7.14. The first-order valence-electron chi connectivity index (χ1n) is 8.74. The molecule has 3 fully saturated rings. The van der Waals surface area contributed by atoms with Gasteiger partial charge in [-0.2, -0.15) is 5.10 Å². The highest BCUT2D eigenvalue weighted by molar-refractivity contribution is 5.87. The summed E-state index contributed by atoms with van der Waals surface area (Å²) >= 11 is 0. The first-order valence-corrected chi connectivity index (χ1v) is 8.74. The highest BCUT2D eigenvalue weighted by atomic mass is 16.2. The molecule has 0 radical (unpaired) electrons. The predicted octanol–water partition coefficient (Wildman–Crippen LogP) is 0.527. The first-order chi connectivity index (χ1) is 11.6. The Morgan fingerprint density at radius 1 is 1.25 bits per heavy atom. The molecule has 1 saturated carbocycles. The number of rotatable bonds is 4. The third-order valence-electron chi connectivity index (χ3n) is 5.34. The fraction of sp³-hybridized carbons (Fsp3) is 0.647. The van der Waals surface area contributed by atoms with Crippen molar-refractivity contribution in [3.63, 3.8) is 0 Å². The number of nitrogens with one attached hydrogen (secondary N) is 1. The molecule has 0 aromatic carbocycles. The highest BCUT2D eigenvalue weighted by Crippen LogP contribution is 2.38. The van der Waals surface area contributed by atoms with Crippen molar-refractivity contribution in [3.05, 3.63) is 17.8 Å². The predicted molar refractivity (Wildman–Crippen MR) is 88.5 cm³/mol. The molecule has 1 unspecified atom stereocenters. The molecular formula is C17H23N5O2. The summed E-state index contributed by atoms with van der Waals surface area (Å²) in [6.07, 6.45) is 3.50. The van der Waals surface area contributed by atoms with Gasteiger partial charge in [-0.05, 0) is 31.4 Å². The zero-order valence-corrected chi connectivity index (χ0v) is 13.9. The van der Waals surface area contributed by atoms with Crippen LogP contribution in [0.25, 0.3) is 0 Å². The van der Waals surface area contributed by atoms with E-state index in [1.165, 1.54) is 12.8 Å². The van der Waals surface area contributed by atoms with Crippen LogP contribution < -0.4 is 10.2 Å². The standard InChI is InChI=1S/C17H23N5O2/c1-21(17(24)12-6-7-18-16(23)8-12)13-9-22(10-13)15-5-4-14(19-20-15)11-2-3-11/h4-5,11-13H,2-3,6-10H2,1H3,(H,18,23). The maximum Gasteiger partial charge on any atom is 0.226 e. The topological polar surface area (TPSA) is 78.4 Å². The van der Waals surface area contributed by atoms with Crippen LogP contribution in [0, 0.1) is 5.92 Å². The van der Waals surface area contributed by atoms with E-state index in [-0.39, 0.29) is 23.8 Å². The zero-order valence-electron chi connectivity index (χ0n) is 13.9. The summed E-state index contributed by atoms with van der Waals surface area (Å²) in [4.78, 5) is 28.0. The summed E-state index contributed by atoms with van der Waals surface area (Å²) in [5, 5.41) is 11.4. The van der Waals surface area contributed by atoms with Crippen LogP contribution in [-0.4, -0.2) is 59.6 Å². The van der Waals surface area contributed by atoms with Gasteiger partial charge in [-0.1, -0.05) is 0 Å². The van der Waals surface area contributed by atoms with Gasteiger partial charge in [0.15, 0.2) is 5.82 Å². The molecule has 7 heteroatoms. The Morgan fingerprint density at radius 3 is 2.67 bits per heavy atom. The molecule has 4 rings (SSSR count). The average Bonchev–Trinajstić information content (AvgIpc) is 3.38. The smallest absolute Gasteiger partial charge is 0.226 e. The summed E-state index contributed by atoms with van der Waals surface area (Å²) in [5.41, 5.74) is 1.10. The molecule has 3 aliphatic rings. The molecule has 128 valence electrons. The fourth-order valence-electron chi connectivity index (χ4n) is 3.45. The van der Waals surface area contributed by atoms with Crippen molar-refractivity contribution in [3.8, 4) is 0 Å². The second-order valence-corrected chi connectivity index (χ2v) is 7.14. The van der Waals surface area contributed by atoms with Gasteiger partial charge in [0.25, 0.3) is 0 Å². The van der Waals surface area contributed by atoms with Gasteiger partial charge in [-0.15, -0.1) is 5.10 Å². The molecule has 0 spiro atoms. The van der Waals surface area contributed by atoms with E-state index in [2.05, 4.69) is 26.5 Å². The van der Waals surface area contributed by atoms with Crippen molar-refractivity contribution in [1.82, 2.24) is 20.4 Å². The number of carbonyl (C=O) groups is 2. The molecule has 1 aromatic heterocycles. The Labute approximate surface area is 141 Å². The lowest BCUT2D eigenvalue weighted by molar-refractivity contribution is -0.141. The second kappa shape index (κ2) is 6.03. The normalized spacial score (nSPS) is 24.3. The Hall–Kier alpha value is -2.18. The summed E-state index contributed by atoms with van der Waals surface area (Å²) in [5.74, 6) is 1.40. The molecule has 0 bridgehead atoms. The van der Waals surface area contributed by atoms with Crippen molar-refractivity contribution in [2.45, 2.75) is 37.6 Å². The van der Waals surface area contributed by atoms with Crippen molar-refractivity contribution >= 4 is 17.6 Å². The summed E-state index contributed by atoms with van der Waals surface area (Å²) in [7, 11) is 1.85. The minimum Gasteiger partial charge on any atom is -0.356 e. The number of amides is 2. The molecule has 1 aromatic rings. The van der Waals surface area contributed by atoms with E-state index in [0.717, 1.165) is 31.0 Å². The van der Waals surface area contributed by atoms with E-state index in [0.29, 0.717) is 18.9 Å². The number of anilines is 1. The van der Waals surface area contributed by atoms with Crippen molar-refractivity contribution in [2.24, 2.45) is 5.92 Å². The lowest BCUT2D eigenvalue weighted by atomic mass is 9.94. The van der Waals surface area contributed by atoms with Gasteiger partial charge >= 0.3 is 0 Å². The van der Waals surface area contributed by atoms with Gasteiger partial charge in [0.1, 0.15) is 0 Å². The third kappa shape index (κ3) is 2.95. The molecule has 7 nitrogen and oxygen atoms in total. The number of aromatic nitrogens is 2. The van der Waals surface area contributed by atoms with Gasteiger partial charge in [-0.25, -0.2) is 0 Å². The molecule has 3 heterocycles. The molecule has 2 aliphatic heterocycles. The van der Waals surface area contributed by atoms with Crippen molar-refractivity contribution in [1.29, 1.82) is 0 Å². The monoisotopic (exact) mass is 329 g/mol. The Morgan fingerprint density at radius 2 is 2.04 bits per heavy atom.